The van der Waals surface area contributed by atoms with Gasteiger partial charge in [-0.05, 0) is 103 Å². The summed E-state index contributed by atoms with van der Waals surface area (Å²) in [5.74, 6) is -2.02. The Morgan fingerprint density at radius 1 is 0.370 bits per heavy atom. The Kier molecular flexibility index (Phi) is 58.5. The molecule has 2 unspecified atom stereocenters. The molecule has 0 fully saturated rings. The van der Waals surface area contributed by atoms with E-state index < -0.39 is 24.3 Å². The third-order valence-corrected chi connectivity index (χ3v) is 13.7. The van der Waals surface area contributed by atoms with Crippen LogP contribution in [-0.4, -0.2) is 87.4 Å². The minimum absolute atomic E-state index is 0.181. The van der Waals surface area contributed by atoms with Crippen LogP contribution in [0.15, 0.2) is 122 Å². The summed E-state index contributed by atoms with van der Waals surface area (Å²) >= 11 is 0. The maximum atomic E-state index is 12.9. The molecule has 2 atom stereocenters. The molecule has 9 heteroatoms. The van der Waals surface area contributed by atoms with Crippen LogP contribution in [0.4, 0.5) is 0 Å². The summed E-state index contributed by atoms with van der Waals surface area (Å²) in [6, 6.07) is 0. The lowest BCUT2D eigenvalue weighted by molar-refractivity contribution is -0.870. The molecule has 0 aromatic carbocycles. The number of carboxylic acid groups (broad SMARTS) is 1. The first-order chi connectivity index (χ1) is 39.6. The first-order valence-electron chi connectivity index (χ1n) is 32.7. The Labute approximate surface area is 497 Å². The van der Waals surface area contributed by atoms with E-state index in [2.05, 4.69) is 135 Å². The van der Waals surface area contributed by atoms with Crippen LogP contribution in [0.3, 0.4) is 0 Å². The van der Waals surface area contributed by atoms with E-state index in [0.29, 0.717) is 17.4 Å². The molecule has 0 aromatic heterocycles. The zero-order valence-corrected chi connectivity index (χ0v) is 52.7. The van der Waals surface area contributed by atoms with E-state index in [0.717, 1.165) is 109 Å². The predicted octanol–water partition coefficient (Wildman–Crippen LogP) is 20.0. The van der Waals surface area contributed by atoms with Crippen LogP contribution in [0, 0.1) is 0 Å². The molecule has 9 nitrogen and oxygen atoms in total. The summed E-state index contributed by atoms with van der Waals surface area (Å²) < 4.78 is 22.9. The van der Waals surface area contributed by atoms with Crippen molar-refractivity contribution in [3.8, 4) is 0 Å². The number of carboxylic acids is 1. The van der Waals surface area contributed by atoms with Crippen molar-refractivity contribution in [2.24, 2.45) is 0 Å². The topological polar surface area (TPSA) is 108 Å². The van der Waals surface area contributed by atoms with E-state index in [4.69, 9.17) is 18.9 Å². The predicted molar refractivity (Wildman–Crippen MR) is 345 cm³/mol. The highest BCUT2D eigenvalue weighted by Crippen LogP contribution is 2.16. The number of rotatable bonds is 59. The normalized spacial score (nSPS) is 13.5. The number of carbonyl (C=O) groups excluding carboxylic acids is 2. The van der Waals surface area contributed by atoms with E-state index in [1.807, 2.05) is 21.1 Å². The van der Waals surface area contributed by atoms with E-state index in [9.17, 15) is 19.5 Å². The van der Waals surface area contributed by atoms with Crippen LogP contribution in [0.1, 0.15) is 258 Å². The molecular formula is C72H122NO8+. The minimum atomic E-state index is -1.52. The van der Waals surface area contributed by atoms with Crippen LogP contribution in [-0.2, 0) is 33.3 Å². The minimum Gasteiger partial charge on any atom is -0.477 e. The van der Waals surface area contributed by atoms with Gasteiger partial charge in [-0.2, -0.15) is 0 Å². The number of nitrogens with zero attached hydrogens (tertiary/aromatic N) is 1. The van der Waals surface area contributed by atoms with E-state index >= 15 is 0 Å². The Hall–Kier alpha value is -4.31. The number of likely N-dealkylation sites (N-methyl/N-ethyl adjacent to an activating group) is 1. The molecule has 0 radical (unpaired) electrons. The molecule has 0 bridgehead atoms. The van der Waals surface area contributed by atoms with Crippen molar-refractivity contribution in [2.45, 2.75) is 270 Å². The van der Waals surface area contributed by atoms with Crippen LogP contribution in [0.2, 0.25) is 0 Å². The fourth-order valence-electron chi connectivity index (χ4n) is 8.77. The van der Waals surface area contributed by atoms with Gasteiger partial charge in [0.1, 0.15) is 13.2 Å². The van der Waals surface area contributed by atoms with Crippen LogP contribution < -0.4 is 0 Å². The number of hydrogen-bond donors (Lipinski definition) is 1. The Bertz CT molecular complexity index is 1740. The summed E-state index contributed by atoms with van der Waals surface area (Å²) in [6.07, 6.45) is 84.3. The third kappa shape index (κ3) is 63.1. The van der Waals surface area contributed by atoms with Gasteiger partial charge < -0.3 is 28.5 Å². The highest BCUT2D eigenvalue weighted by Gasteiger charge is 2.25. The van der Waals surface area contributed by atoms with Gasteiger partial charge in [0.05, 0.1) is 34.4 Å². The number of hydrogen-bond acceptors (Lipinski definition) is 7. The second-order valence-electron chi connectivity index (χ2n) is 22.7. The zero-order valence-electron chi connectivity index (χ0n) is 52.7. The van der Waals surface area contributed by atoms with Crippen LogP contribution in [0.5, 0.6) is 0 Å². The largest absolute Gasteiger partial charge is 0.477 e. The Morgan fingerprint density at radius 3 is 0.988 bits per heavy atom. The lowest BCUT2D eigenvalue weighted by Crippen LogP contribution is -2.40. The molecule has 0 saturated heterocycles. The van der Waals surface area contributed by atoms with Crippen molar-refractivity contribution >= 4 is 17.9 Å². The standard InChI is InChI=1S/C72H121NO8/c1-6-8-10-12-14-16-18-20-22-24-26-28-30-31-32-33-34-35-36-37-38-39-41-43-45-47-49-51-53-55-57-59-61-63-70(75)81-68(67-80-72(71(76)77)78-65-64-73(3,4)5)66-79-69(74)62-60-58-56-54-52-50-48-46-44-42-40-29-27-25-23-21-19-17-15-13-11-9-7-2/h8-11,14-17,20-23,26-29,31-32,42,44,68,72H,6-7,12-13,18-19,24-25,30,33-41,43,45-67H2,1-5H3/p+1/b10-8-,11-9-,16-14-,17-15-,22-20-,23-21-,28-26-,29-27-,32-31-,44-42-. The van der Waals surface area contributed by atoms with Gasteiger partial charge in [-0.3, -0.25) is 9.59 Å². The van der Waals surface area contributed by atoms with E-state index in [1.54, 1.807) is 0 Å². The van der Waals surface area contributed by atoms with Crippen LogP contribution in [0.25, 0.3) is 0 Å². The lowest BCUT2D eigenvalue weighted by atomic mass is 10.0. The molecule has 81 heavy (non-hydrogen) atoms. The molecule has 0 saturated carbocycles. The van der Waals surface area contributed by atoms with Crippen molar-refractivity contribution < 1.29 is 42.9 Å². The average Bonchev–Trinajstić information content (AvgIpc) is 3.44. The van der Waals surface area contributed by atoms with E-state index in [-0.39, 0.29) is 38.6 Å². The van der Waals surface area contributed by atoms with Gasteiger partial charge in [0, 0.05) is 12.8 Å². The van der Waals surface area contributed by atoms with Crippen molar-refractivity contribution in [3.63, 3.8) is 0 Å². The molecule has 0 amide bonds. The zero-order chi connectivity index (χ0) is 59.1. The second-order valence-corrected chi connectivity index (χ2v) is 22.7. The molecule has 0 aliphatic heterocycles. The highest BCUT2D eigenvalue weighted by atomic mass is 16.7. The molecule has 0 heterocycles. The number of allylic oxidation sites excluding steroid dienone is 20. The number of ether oxygens (including phenoxy) is 4. The first-order valence-corrected chi connectivity index (χ1v) is 32.7. The Balaban J connectivity index is 4.16. The first kappa shape index (κ1) is 76.7. The van der Waals surface area contributed by atoms with Crippen LogP contribution >= 0.6 is 0 Å². The lowest BCUT2D eigenvalue weighted by Gasteiger charge is -2.25. The van der Waals surface area contributed by atoms with E-state index in [1.165, 1.54) is 116 Å². The quantitative estimate of drug-likeness (QED) is 0.0211. The summed E-state index contributed by atoms with van der Waals surface area (Å²) in [4.78, 5) is 37.6. The third-order valence-electron chi connectivity index (χ3n) is 13.7. The van der Waals surface area contributed by atoms with Crippen molar-refractivity contribution in [2.75, 3.05) is 47.5 Å². The summed E-state index contributed by atoms with van der Waals surface area (Å²) in [7, 11) is 5.97. The fraction of sp³-hybridized carbons (Fsp3) is 0.681. The fourth-order valence-corrected chi connectivity index (χ4v) is 8.77. The van der Waals surface area contributed by atoms with Gasteiger partial charge in [-0.1, -0.05) is 264 Å². The second kappa shape index (κ2) is 61.8. The molecule has 0 aliphatic carbocycles. The average molecular weight is 1130 g/mol. The van der Waals surface area contributed by atoms with Crippen molar-refractivity contribution in [1.29, 1.82) is 0 Å². The van der Waals surface area contributed by atoms with Gasteiger partial charge >= 0.3 is 17.9 Å². The van der Waals surface area contributed by atoms with Gasteiger partial charge in [0.25, 0.3) is 6.29 Å². The number of esters is 2. The molecule has 0 spiro atoms. The molecule has 0 aromatic rings. The number of quaternary nitrogens is 1. The maximum absolute atomic E-state index is 12.9. The van der Waals surface area contributed by atoms with Crippen molar-refractivity contribution in [1.82, 2.24) is 0 Å². The van der Waals surface area contributed by atoms with Gasteiger partial charge in [-0.25, -0.2) is 4.79 Å². The summed E-state index contributed by atoms with van der Waals surface area (Å²) in [6.45, 7) is 4.64. The number of carbonyl (C=O) groups is 3. The number of unbranched alkanes of at least 4 members (excludes halogenated alkanes) is 24. The van der Waals surface area contributed by atoms with Crippen molar-refractivity contribution in [3.05, 3.63) is 122 Å². The van der Waals surface area contributed by atoms with Gasteiger partial charge in [0.2, 0.25) is 0 Å². The van der Waals surface area contributed by atoms with Gasteiger partial charge in [-0.15, -0.1) is 0 Å². The Morgan fingerprint density at radius 2 is 0.667 bits per heavy atom. The highest BCUT2D eigenvalue weighted by molar-refractivity contribution is 5.71. The SMILES string of the molecule is CC/C=C\C/C=C\C/C=C\C/C=C\C/C=C\CCCCCCCCCCCCCCCCCCCC(=O)OC(COC(=O)CCCCCCCCC/C=C\C/C=C\C/C=C\C/C=C\C/C=C\CC)COC(OCC[N+](C)(C)C)C(=O)O. The molecule has 1 N–H and O–H groups in total. The molecule has 0 rings (SSSR count). The number of aliphatic carboxylic acids is 1. The molecule has 0 aliphatic rings. The molecular weight excluding hydrogens is 1010 g/mol. The summed E-state index contributed by atoms with van der Waals surface area (Å²) in [5, 5.41) is 9.73. The smallest absolute Gasteiger partial charge is 0.361 e. The monoisotopic (exact) mass is 1130 g/mol. The maximum Gasteiger partial charge on any atom is 0.361 e. The molecule has 462 valence electrons. The van der Waals surface area contributed by atoms with Gasteiger partial charge in [0.15, 0.2) is 6.10 Å². The summed E-state index contributed by atoms with van der Waals surface area (Å²) in [5.41, 5.74) is 0.